The summed E-state index contributed by atoms with van der Waals surface area (Å²) in [5.74, 6) is 0. The van der Waals surface area contributed by atoms with Crippen molar-refractivity contribution >= 4 is 35.2 Å². The zero-order valence-electron chi connectivity index (χ0n) is 6.45. The smallest absolute Gasteiger partial charge is 0.151 e. The standard InChI is InChI=1S/C9H4INO2/c10-9-2-6(3-11)1-7(4-12)8(9)5-13/h1-2,4-5H. The number of rotatable bonds is 2. The molecule has 0 heterocycles. The van der Waals surface area contributed by atoms with E-state index in [0.717, 1.165) is 0 Å². The Hall–Kier alpha value is -1.22. The van der Waals surface area contributed by atoms with Gasteiger partial charge in [0.1, 0.15) is 0 Å². The molecule has 0 aliphatic carbocycles. The molecular formula is C9H4INO2. The number of carbonyl (C=O) groups excluding carboxylic acids is 2. The Balaban J connectivity index is 3.48. The van der Waals surface area contributed by atoms with Crippen molar-refractivity contribution in [2.24, 2.45) is 0 Å². The molecule has 64 valence electrons. The SMILES string of the molecule is N#Cc1cc(I)c(C=O)c(C=O)c1. The van der Waals surface area contributed by atoms with Crippen LogP contribution in [0.2, 0.25) is 0 Å². The lowest BCUT2D eigenvalue weighted by molar-refractivity contribution is 0.109. The molecule has 0 saturated heterocycles. The molecule has 1 aromatic carbocycles. The van der Waals surface area contributed by atoms with Gasteiger partial charge < -0.3 is 0 Å². The Bertz CT molecular complexity index is 407. The first-order chi connectivity index (χ1) is 6.22. The van der Waals surface area contributed by atoms with Crippen molar-refractivity contribution in [1.82, 2.24) is 0 Å². The summed E-state index contributed by atoms with van der Waals surface area (Å²) in [5.41, 5.74) is 0.991. The van der Waals surface area contributed by atoms with Gasteiger partial charge in [0.2, 0.25) is 0 Å². The van der Waals surface area contributed by atoms with Crippen molar-refractivity contribution in [3.63, 3.8) is 0 Å². The molecule has 0 spiro atoms. The highest BCUT2D eigenvalue weighted by Crippen LogP contribution is 2.16. The van der Waals surface area contributed by atoms with Crippen LogP contribution in [-0.4, -0.2) is 12.6 Å². The highest BCUT2D eigenvalue weighted by molar-refractivity contribution is 14.1. The van der Waals surface area contributed by atoms with E-state index in [-0.39, 0.29) is 5.56 Å². The lowest BCUT2D eigenvalue weighted by Gasteiger charge is -2.00. The minimum absolute atomic E-state index is 0.262. The van der Waals surface area contributed by atoms with E-state index in [1.54, 1.807) is 6.07 Å². The Morgan fingerprint density at radius 1 is 1.31 bits per heavy atom. The van der Waals surface area contributed by atoms with Crippen LogP contribution < -0.4 is 0 Å². The van der Waals surface area contributed by atoms with Crippen molar-refractivity contribution < 1.29 is 9.59 Å². The molecule has 1 aromatic rings. The average Bonchev–Trinajstić information content (AvgIpc) is 2.16. The normalized spacial score (nSPS) is 8.92. The number of halogens is 1. The lowest BCUT2D eigenvalue weighted by Crippen LogP contribution is -1.95. The molecule has 0 aliphatic rings. The summed E-state index contributed by atoms with van der Waals surface area (Å²) in [5, 5.41) is 8.59. The van der Waals surface area contributed by atoms with Gasteiger partial charge in [-0.25, -0.2) is 0 Å². The van der Waals surface area contributed by atoms with Crippen LogP contribution in [0.4, 0.5) is 0 Å². The molecule has 3 nitrogen and oxygen atoms in total. The number of nitrogens with zero attached hydrogens (tertiary/aromatic N) is 1. The maximum atomic E-state index is 10.6. The van der Waals surface area contributed by atoms with E-state index in [2.05, 4.69) is 0 Å². The van der Waals surface area contributed by atoms with Crippen LogP contribution in [0.1, 0.15) is 26.3 Å². The number of nitriles is 1. The second kappa shape index (κ2) is 4.14. The van der Waals surface area contributed by atoms with E-state index < -0.39 is 0 Å². The zero-order valence-corrected chi connectivity index (χ0v) is 8.61. The molecule has 0 N–H and O–H groups in total. The molecule has 0 fully saturated rings. The zero-order chi connectivity index (χ0) is 9.84. The van der Waals surface area contributed by atoms with Crippen molar-refractivity contribution in [2.75, 3.05) is 0 Å². The van der Waals surface area contributed by atoms with E-state index >= 15 is 0 Å². The molecule has 13 heavy (non-hydrogen) atoms. The first kappa shape index (κ1) is 9.86. The number of hydrogen-bond acceptors (Lipinski definition) is 3. The molecule has 4 heteroatoms. The average molecular weight is 285 g/mol. The van der Waals surface area contributed by atoms with Gasteiger partial charge >= 0.3 is 0 Å². The van der Waals surface area contributed by atoms with Gasteiger partial charge in [0.25, 0.3) is 0 Å². The number of carbonyl (C=O) groups is 2. The fourth-order valence-corrected chi connectivity index (χ4v) is 1.70. The fourth-order valence-electron chi connectivity index (χ4n) is 0.925. The minimum atomic E-state index is 0.262. The third kappa shape index (κ3) is 1.92. The first-order valence-electron chi connectivity index (χ1n) is 3.37. The molecule has 0 amide bonds. The van der Waals surface area contributed by atoms with E-state index in [0.29, 0.717) is 27.3 Å². The quantitative estimate of drug-likeness (QED) is 0.615. The van der Waals surface area contributed by atoms with Gasteiger partial charge in [-0.15, -0.1) is 0 Å². The second-order valence-corrected chi connectivity index (χ2v) is 3.47. The largest absolute Gasteiger partial charge is 0.298 e. The molecule has 0 aliphatic heterocycles. The molecule has 0 radical (unpaired) electrons. The Kier molecular flexibility index (Phi) is 3.14. The molecule has 0 saturated carbocycles. The predicted molar refractivity (Wildman–Crippen MR) is 54.6 cm³/mol. The summed E-state index contributed by atoms with van der Waals surface area (Å²) < 4.78 is 0.619. The van der Waals surface area contributed by atoms with Crippen LogP contribution >= 0.6 is 22.6 Å². The Morgan fingerprint density at radius 2 is 2.00 bits per heavy atom. The molecule has 0 atom stereocenters. The highest BCUT2D eigenvalue weighted by Gasteiger charge is 2.07. The van der Waals surface area contributed by atoms with Gasteiger partial charge in [0, 0.05) is 14.7 Å². The van der Waals surface area contributed by atoms with Gasteiger partial charge in [0.05, 0.1) is 11.6 Å². The van der Waals surface area contributed by atoms with Crippen molar-refractivity contribution in [3.05, 3.63) is 32.4 Å². The molecular weight excluding hydrogens is 281 g/mol. The predicted octanol–water partition coefficient (Wildman–Crippen LogP) is 1.79. The Morgan fingerprint density at radius 3 is 2.46 bits per heavy atom. The number of hydrogen-bond donors (Lipinski definition) is 0. The van der Waals surface area contributed by atoms with E-state index in [1.807, 2.05) is 28.7 Å². The van der Waals surface area contributed by atoms with Crippen LogP contribution in [0.25, 0.3) is 0 Å². The number of aldehydes is 2. The van der Waals surface area contributed by atoms with Gasteiger partial charge in [-0.2, -0.15) is 5.26 Å². The van der Waals surface area contributed by atoms with Crippen LogP contribution in [0.15, 0.2) is 12.1 Å². The van der Waals surface area contributed by atoms with Crippen molar-refractivity contribution in [2.45, 2.75) is 0 Å². The van der Waals surface area contributed by atoms with E-state index in [1.165, 1.54) is 6.07 Å². The second-order valence-electron chi connectivity index (χ2n) is 2.31. The summed E-state index contributed by atoms with van der Waals surface area (Å²) in [6, 6.07) is 4.88. The number of benzene rings is 1. The van der Waals surface area contributed by atoms with E-state index in [4.69, 9.17) is 5.26 Å². The minimum Gasteiger partial charge on any atom is -0.298 e. The van der Waals surface area contributed by atoms with Crippen LogP contribution in [0, 0.1) is 14.9 Å². The third-order valence-electron chi connectivity index (χ3n) is 1.54. The monoisotopic (exact) mass is 285 g/mol. The summed E-state index contributed by atoms with van der Waals surface area (Å²) in [6.45, 7) is 0. The summed E-state index contributed by atoms with van der Waals surface area (Å²) in [7, 11) is 0. The Labute approximate surface area is 88.5 Å². The first-order valence-corrected chi connectivity index (χ1v) is 4.44. The fraction of sp³-hybridized carbons (Fsp3) is 0. The topological polar surface area (TPSA) is 57.9 Å². The maximum absolute atomic E-state index is 10.6. The van der Waals surface area contributed by atoms with Crippen LogP contribution in [0.5, 0.6) is 0 Å². The van der Waals surface area contributed by atoms with Gasteiger partial charge in [-0.05, 0) is 34.7 Å². The molecule has 0 unspecified atom stereocenters. The van der Waals surface area contributed by atoms with Gasteiger partial charge in [0.15, 0.2) is 12.6 Å². The summed E-state index contributed by atoms with van der Waals surface area (Å²) >= 11 is 1.92. The lowest BCUT2D eigenvalue weighted by atomic mass is 10.1. The van der Waals surface area contributed by atoms with Crippen LogP contribution in [0.3, 0.4) is 0 Å². The van der Waals surface area contributed by atoms with Crippen LogP contribution in [-0.2, 0) is 0 Å². The summed E-state index contributed by atoms with van der Waals surface area (Å²) in [6.07, 6.45) is 1.19. The maximum Gasteiger partial charge on any atom is 0.151 e. The van der Waals surface area contributed by atoms with Gasteiger partial charge in [-0.3, -0.25) is 9.59 Å². The van der Waals surface area contributed by atoms with Crippen molar-refractivity contribution in [1.29, 1.82) is 5.26 Å². The summed E-state index contributed by atoms with van der Waals surface area (Å²) in [4.78, 5) is 21.1. The van der Waals surface area contributed by atoms with Crippen molar-refractivity contribution in [3.8, 4) is 6.07 Å². The third-order valence-corrected chi connectivity index (χ3v) is 2.43. The molecule has 1 rings (SSSR count). The molecule has 0 bridgehead atoms. The molecule has 0 aromatic heterocycles. The van der Waals surface area contributed by atoms with E-state index in [9.17, 15) is 9.59 Å². The van der Waals surface area contributed by atoms with Gasteiger partial charge in [-0.1, -0.05) is 0 Å². The highest BCUT2D eigenvalue weighted by atomic mass is 127.